The van der Waals surface area contributed by atoms with Crippen LogP contribution in [-0.4, -0.2) is 23.5 Å². The lowest BCUT2D eigenvalue weighted by molar-refractivity contribution is 0.135. The molecular formula is C11H23N. The van der Waals surface area contributed by atoms with Crippen LogP contribution in [0.1, 0.15) is 52.9 Å². The van der Waals surface area contributed by atoms with Gasteiger partial charge in [-0.1, -0.05) is 20.3 Å². The lowest BCUT2D eigenvalue weighted by atomic mass is 9.98. The number of nitrogens with zero attached hydrogens (tertiary/aromatic N) is 1. The Bertz CT molecular complexity index is 122. The van der Waals surface area contributed by atoms with Gasteiger partial charge in [-0.3, -0.25) is 4.90 Å². The lowest BCUT2D eigenvalue weighted by Crippen LogP contribution is -2.40. The highest BCUT2D eigenvalue weighted by Gasteiger charge is 2.30. The van der Waals surface area contributed by atoms with Crippen LogP contribution in [0.15, 0.2) is 0 Å². The second-order valence-electron chi connectivity index (χ2n) is 3.81. The largest absolute Gasteiger partial charge is 0.298 e. The standard InChI is InChI=1S/C9H17N.C2H6/c1-8-4-2-5-9-6-3-7-10(8)9;1-2/h8-9H,2-7H2,1H3;1-2H3. The third kappa shape index (κ3) is 2.01. The first kappa shape index (κ1) is 10.0. The number of fused-ring (bicyclic) bond motifs is 1. The van der Waals surface area contributed by atoms with E-state index in [2.05, 4.69) is 11.8 Å². The van der Waals surface area contributed by atoms with E-state index in [1.165, 1.54) is 38.6 Å². The zero-order chi connectivity index (χ0) is 8.97. The summed E-state index contributed by atoms with van der Waals surface area (Å²) < 4.78 is 0. The maximum atomic E-state index is 2.71. The molecule has 0 aliphatic carbocycles. The molecule has 0 saturated carbocycles. The molecule has 12 heavy (non-hydrogen) atoms. The quantitative estimate of drug-likeness (QED) is 0.539. The summed E-state index contributed by atoms with van der Waals surface area (Å²) in [5.74, 6) is 0. The van der Waals surface area contributed by atoms with Gasteiger partial charge in [-0.25, -0.2) is 0 Å². The Labute approximate surface area is 77.1 Å². The Balaban J connectivity index is 0.000000336. The van der Waals surface area contributed by atoms with Crippen LogP contribution in [0.25, 0.3) is 0 Å². The normalized spacial score (nSPS) is 35.2. The maximum Gasteiger partial charge on any atom is 0.00985 e. The third-order valence-corrected chi connectivity index (χ3v) is 3.15. The highest BCUT2D eigenvalue weighted by molar-refractivity contribution is 4.86. The molecule has 0 aromatic rings. The van der Waals surface area contributed by atoms with E-state index in [-0.39, 0.29) is 0 Å². The van der Waals surface area contributed by atoms with Crippen LogP contribution in [0.2, 0.25) is 0 Å². The van der Waals surface area contributed by atoms with Crippen molar-refractivity contribution in [2.45, 2.75) is 65.0 Å². The van der Waals surface area contributed by atoms with Crippen LogP contribution in [0.3, 0.4) is 0 Å². The van der Waals surface area contributed by atoms with Crippen LogP contribution in [0.5, 0.6) is 0 Å². The van der Waals surface area contributed by atoms with E-state index in [0.717, 1.165) is 12.1 Å². The van der Waals surface area contributed by atoms with Crippen molar-refractivity contribution in [3.63, 3.8) is 0 Å². The summed E-state index contributed by atoms with van der Waals surface area (Å²) >= 11 is 0. The van der Waals surface area contributed by atoms with Crippen LogP contribution >= 0.6 is 0 Å². The molecule has 0 amide bonds. The summed E-state index contributed by atoms with van der Waals surface area (Å²) in [7, 11) is 0. The summed E-state index contributed by atoms with van der Waals surface area (Å²) in [4.78, 5) is 2.71. The predicted octanol–water partition coefficient (Wildman–Crippen LogP) is 3.05. The summed E-state index contributed by atoms with van der Waals surface area (Å²) in [6, 6.07) is 1.87. The van der Waals surface area contributed by atoms with Crippen molar-refractivity contribution in [3.8, 4) is 0 Å². The van der Waals surface area contributed by atoms with E-state index in [4.69, 9.17) is 0 Å². The second-order valence-corrected chi connectivity index (χ2v) is 3.81. The first-order valence-corrected chi connectivity index (χ1v) is 5.63. The van der Waals surface area contributed by atoms with Gasteiger partial charge in [0.05, 0.1) is 0 Å². The van der Waals surface area contributed by atoms with Crippen molar-refractivity contribution >= 4 is 0 Å². The minimum atomic E-state index is 0.890. The second kappa shape index (κ2) is 4.86. The molecule has 72 valence electrons. The zero-order valence-electron chi connectivity index (χ0n) is 8.84. The molecule has 2 atom stereocenters. The van der Waals surface area contributed by atoms with Crippen molar-refractivity contribution in [1.82, 2.24) is 4.90 Å². The van der Waals surface area contributed by atoms with Gasteiger partial charge in [0.2, 0.25) is 0 Å². The van der Waals surface area contributed by atoms with Gasteiger partial charge in [0.15, 0.2) is 0 Å². The number of hydrogen-bond donors (Lipinski definition) is 0. The molecule has 2 saturated heterocycles. The monoisotopic (exact) mass is 169 g/mol. The molecule has 0 spiro atoms. The van der Waals surface area contributed by atoms with Crippen LogP contribution in [0.4, 0.5) is 0 Å². The van der Waals surface area contributed by atoms with Crippen LogP contribution in [-0.2, 0) is 0 Å². The van der Waals surface area contributed by atoms with Gasteiger partial charge >= 0.3 is 0 Å². The molecule has 2 rings (SSSR count). The molecule has 2 aliphatic rings. The molecule has 2 unspecified atom stereocenters. The van der Waals surface area contributed by atoms with Gasteiger partial charge < -0.3 is 0 Å². The lowest BCUT2D eigenvalue weighted by Gasteiger charge is -2.35. The van der Waals surface area contributed by atoms with E-state index in [1.54, 1.807) is 0 Å². The van der Waals surface area contributed by atoms with E-state index >= 15 is 0 Å². The minimum absolute atomic E-state index is 0.890. The average Bonchev–Trinajstić information content (AvgIpc) is 2.57. The summed E-state index contributed by atoms with van der Waals surface area (Å²) in [6.45, 7) is 7.77. The summed E-state index contributed by atoms with van der Waals surface area (Å²) in [6.07, 6.45) is 7.32. The van der Waals surface area contributed by atoms with E-state index in [1.807, 2.05) is 13.8 Å². The molecule has 0 aromatic heterocycles. The van der Waals surface area contributed by atoms with Crippen LogP contribution < -0.4 is 0 Å². The molecule has 1 heteroatoms. The van der Waals surface area contributed by atoms with Crippen molar-refractivity contribution in [1.29, 1.82) is 0 Å². The summed E-state index contributed by atoms with van der Waals surface area (Å²) in [5.41, 5.74) is 0. The van der Waals surface area contributed by atoms with Gasteiger partial charge in [0, 0.05) is 12.1 Å². The van der Waals surface area contributed by atoms with E-state index in [9.17, 15) is 0 Å². The van der Waals surface area contributed by atoms with Crippen molar-refractivity contribution < 1.29 is 0 Å². The van der Waals surface area contributed by atoms with E-state index < -0.39 is 0 Å². The Morgan fingerprint density at radius 1 is 1.00 bits per heavy atom. The highest BCUT2D eigenvalue weighted by Crippen LogP contribution is 2.30. The van der Waals surface area contributed by atoms with Gasteiger partial charge in [-0.15, -0.1) is 0 Å². The highest BCUT2D eigenvalue weighted by atomic mass is 15.2. The molecule has 2 heterocycles. The van der Waals surface area contributed by atoms with Gasteiger partial charge in [0.1, 0.15) is 0 Å². The topological polar surface area (TPSA) is 3.24 Å². The van der Waals surface area contributed by atoms with Gasteiger partial charge in [0.25, 0.3) is 0 Å². The fourth-order valence-corrected chi connectivity index (χ4v) is 2.56. The molecule has 2 aliphatic heterocycles. The zero-order valence-corrected chi connectivity index (χ0v) is 8.84. The fraction of sp³-hybridized carbons (Fsp3) is 1.00. The molecule has 0 aromatic carbocycles. The van der Waals surface area contributed by atoms with Gasteiger partial charge in [-0.2, -0.15) is 0 Å². The maximum absolute atomic E-state index is 2.71. The first-order chi connectivity index (χ1) is 5.88. The number of rotatable bonds is 0. The Morgan fingerprint density at radius 3 is 2.33 bits per heavy atom. The number of hydrogen-bond acceptors (Lipinski definition) is 1. The SMILES string of the molecule is CC.CC1CCCC2CCCN12. The molecule has 2 fully saturated rings. The van der Waals surface area contributed by atoms with Crippen molar-refractivity contribution in [3.05, 3.63) is 0 Å². The van der Waals surface area contributed by atoms with Gasteiger partial charge in [-0.05, 0) is 39.2 Å². The smallest absolute Gasteiger partial charge is 0.00985 e. The molecule has 0 radical (unpaired) electrons. The molecular weight excluding hydrogens is 146 g/mol. The number of piperidine rings is 1. The van der Waals surface area contributed by atoms with E-state index in [0.29, 0.717) is 0 Å². The Kier molecular flexibility index (Phi) is 4.07. The summed E-state index contributed by atoms with van der Waals surface area (Å²) in [5, 5.41) is 0. The Morgan fingerprint density at radius 2 is 1.67 bits per heavy atom. The average molecular weight is 169 g/mol. The predicted molar refractivity (Wildman–Crippen MR) is 54.4 cm³/mol. The first-order valence-electron chi connectivity index (χ1n) is 5.63. The Hall–Kier alpha value is -0.0400. The fourth-order valence-electron chi connectivity index (χ4n) is 2.56. The molecule has 1 nitrogen and oxygen atoms in total. The third-order valence-electron chi connectivity index (χ3n) is 3.15. The minimum Gasteiger partial charge on any atom is -0.298 e. The molecule has 0 N–H and O–H groups in total. The van der Waals surface area contributed by atoms with Crippen molar-refractivity contribution in [2.75, 3.05) is 6.54 Å². The van der Waals surface area contributed by atoms with Crippen LogP contribution in [0, 0.1) is 0 Å². The molecule has 0 bridgehead atoms. The van der Waals surface area contributed by atoms with Crippen molar-refractivity contribution in [2.24, 2.45) is 0 Å².